The first kappa shape index (κ1) is 10.6. The number of morpholine rings is 1. The Balaban J connectivity index is 2.05. The fourth-order valence-corrected chi connectivity index (χ4v) is 2.28. The van der Waals surface area contributed by atoms with Gasteiger partial charge in [-0.25, -0.2) is 0 Å². The van der Waals surface area contributed by atoms with Gasteiger partial charge in [0.15, 0.2) is 10.8 Å². The van der Waals surface area contributed by atoms with Crippen LogP contribution in [0, 0.1) is 0 Å². The second kappa shape index (κ2) is 4.74. The summed E-state index contributed by atoms with van der Waals surface area (Å²) in [4.78, 5) is 12.7. The van der Waals surface area contributed by atoms with Gasteiger partial charge in [0.2, 0.25) is 0 Å². The second-order valence-corrected chi connectivity index (χ2v) is 4.32. The molecule has 0 bridgehead atoms. The highest BCUT2D eigenvalue weighted by atomic mass is 32.1. The van der Waals surface area contributed by atoms with Crippen LogP contribution in [0.3, 0.4) is 0 Å². The molecule has 15 heavy (non-hydrogen) atoms. The van der Waals surface area contributed by atoms with E-state index in [1.165, 1.54) is 11.3 Å². The zero-order valence-electron chi connectivity index (χ0n) is 8.49. The van der Waals surface area contributed by atoms with Gasteiger partial charge in [0.25, 0.3) is 0 Å². The van der Waals surface area contributed by atoms with Gasteiger partial charge < -0.3 is 14.8 Å². The lowest BCUT2D eigenvalue weighted by atomic mass is 10.1. The largest absolute Gasteiger partial charge is 0.487 e. The predicted molar refractivity (Wildman–Crippen MR) is 57.8 cm³/mol. The Morgan fingerprint density at radius 2 is 2.53 bits per heavy atom. The summed E-state index contributed by atoms with van der Waals surface area (Å²) in [7, 11) is 1.60. The minimum Gasteiger partial charge on any atom is -0.487 e. The van der Waals surface area contributed by atoms with Gasteiger partial charge in [0.1, 0.15) is 0 Å². The Labute approximate surface area is 92.2 Å². The molecule has 1 aromatic heterocycles. The number of ketones is 1. The molecule has 4 nitrogen and oxygen atoms in total. The molecule has 1 N–H and O–H groups in total. The van der Waals surface area contributed by atoms with Gasteiger partial charge >= 0.3 is 0 Å². The van der Waals surface area contributed by atoms with Crippen molar-refractivity contribution in [1.82, 2.24) is 5.32 Å². The molecule has 1 unspecified atom stereocenters. The highest BCUT2D eigenvalue weighted by Crippen LogP contribution is 2.25. The van der Waals surface area contributed by atoms with E-state index >= 15 is 0 Å². The molecule has 0 aromatic carbocycles. The van der Waals surface area contributed by atoms with Gasteiger partial charge in [0.05, 0.1) is 31.2 Å². The van der Waals surface area contributed by atoms with Crippen molar-refractivity contribution in [1.29, 1.82) is 0 Å². The molecule has 1 saturated heterocycles. The highest BCUT2D eigenvalue weighted by Gasteiger charge is 2.23. The normalized spacial score (nSPS) is 21.3. The fourth-order valence-electron chi connectivity index (χ4n) is 1.47. The van der Waals surface area contributed by atoms with Gasteiger partial charge in [-0.2, -0.15) is 0 Å². The van der Waals surface area contributed by atoms with Crippen molar-refractivity contribution in [3.05, 3.63) is 17.0 Å². The van der Waals surface area contributed by atoms with Gasteiger partial charge in [-0.05, 0) is 12.1 Å². The van der Waals surface area contributed by atoms with E-state index in [0.29, 0.717) is 13.2 Å². The molecular weight excluding hydrogens is 214 g/mol. The quantitative estimate of drug-likeness (QED) is 0.780. The first-order chi connectivity index (χ1) is 7.31. The van der Waals surface area contributed by atoms with Crippen molar-refractivity contribution in [3.8, 4) is 5.06 Å². The molecule has 2 rings (SSSR count). The highest BCUT2D eigenvalue weighted by molar-refractivity contribution is 7.15. The number of Topliss-reactive ketones (excluding diaryl/α,β-unsaturated/α-hetero) is 1. The van der Waals surface area contributed by atoms with E-state index in [4.69, 9.17) is 9.47 Å². The number of hydrogen-bond donors (Lipinski definition) is 1. The molecule has 0 radical (unpaired) electrons. The van der Waals surface area contributed by atoms with Gasteiger partial charge in [-0.1, -0.05) is 11.3 Å². The molecule has 5 heteroatoms. The fraction of sp³-hybridized carbons (Fsp3) is 0.500. The van der Waals surface area contributed by atoms with Gasteiger partial charge in [-0.15, -0.1) is 0 Å². The first-order valence-corrected chi connectivity index (χ1v) is 5.62. The number of hydrogen-bond acceptors (Lipinski definition) is 5. The number of ether oxygens (including phenoxy) is 2. The van der Waals surface area contributed by atoms with E-state index in [1.54, 1.807) is 13.2 Å². The molecule has 1 aliphatic rings. The lowest BCUT2D eigenvalue weighted by molar-refractivity contribution is 0.0610. The molecular formula is C10H13NO3S. The Morgan fingerprint density at radius 3 is 3.13 bits per heavy atom. The second-order valence-electron chi connectivity index (χ2n) is 3.27. The number of methoxy groups -OCH3 is 1. The van der Waals surface area contributed by atoms with E-state index in [0.717, 1.165) is 16.5 Å². The van der Waals surface area contributed by atoms with Crippen molar-refractivity contribution in [2.45, 2.75) is 6.04 Å². The van der Waals surface area contributed by atoms with Crippen LogP contribution in [0.15, 0.2) is 12.1 Å². The van der Waals surface area contributed by atoms with Crippen LogP contribution >= 0.6 is 11.3 Å². The SMILES string of the molecule is COc1ccc(C(=O)C2COCCN2)s1. The number of carbonyl (C=O) groups excluding carboxylic acids is 1. The summed E-state index contributed by atoms with van der Waals surface area (Å²) in [5.41, 5.74) is 0. The summed E-state index contributed by atoms with van der Waals surface area (Å²) in [6.45, 7) is 1.87. The molecule has 0 spiro atoms. The van der Waals surface area contributed by atoms with Crippen LogP contribution < -0.4 is 10.1 Å². The lowest BCUT2D eigenvalue weighted by Crippen LogP contribution is -2.46. The summed E-state index contributed by atoms with van der Waals surface area (Å²) in [6, 6.07) is 3.39. The molecule has 0 saturated carbocycles. The van der Waals surface area contributed by atoms with Crippen LogP contribution in [-0.2, 0) is 4.74 Å². The number of rotatable bonds is 3. The van der Waals surface area contributed by atoms with Crippen molar-refractivity contribution in [2.24, 2.45) is 0 Å². The van der Waals surface area contributed by atoms with Crippen LogP contribution in [0.25, 0.3) is 0 Å². The minimum absolute atomic E-state index is 0.0861. The van der Waals surface area contributed by atoms with E-state index in [9.17, 15) is 4.79 Å². The van der Waals surface area contributed by atoms with Crippen LogP contribution in [-0.4, -0.2) is 38.7 Å². The minimum atomic E-state index is -0.206. The maximum atomic E-state index is 11.9. The Bertz CT molecular complexity index is 344. The van der Waals surface area contributed by atoms with E-state index in [1.807, 2.05) is 6.07 Å². The van der Waals surface area contributed by atoms with Crippen LogP contribution in [0.2, 0.25) is 0 Å². The zero-order chi connectivity index (χ0) is 10.7. The molecule has 1 aromatic rings. The third-order valence-electron chi connectivity index (χ3n) is 2.26. The van der Waals surface area contributed by atoms with Crippen molar-refractivity contribution in [2.75, 3.05) is 26.9 Å². The maximum absolute atomic E-state index is 11.9. The third kappa shape index (κ3) is 2.37. The maximum Gasteiger partial charge on any atom is 0.192 e. The van der Waals surface area contributed by atoms with E-state index in [2.05, 4.69) is 5.32 Å². The van der Waals surface area contributed by atoms with E-state index < -0.39 is 0 Å². The lowest BCUT2D eigenvalue weighted by Gasteiger charge is -2.21. The molecule has 1 aliphatic heterocycles. The van der Waals surface area contributed by atoms with Gasteiger partial charge in [0, 0.05) is 6.54 Å². The Hall–Kier alpha value is -0.910. The summed E-state index contributed by atoms with van der Waals surface area (Å²) >= 11 is 1.37. The standard InChI is InChI=1S/C10H13NO3S/c1-13-9-3-2-8(15-9)10(12)7-6-14-5-4-11-7/h2-3,7,11H,4-6H2,1H3. The summed E-state index contributed by atoms with van der Waals surface area (Å²) in [5, 5.41) is 3.90. The Morgan fingerprint density at radius 1 is 1.67 bits per heavy atom. The molecule has 1 atom stereocenters. The molecule has 0 amide bonds. The number of thiophene rings is 1. The predicted octanol–water partition coefficient (Wildman–Crippen LogP) is 0.928. The Kier molecular flexibility index (Phi) is 3.35. The monoisotopic (exact) mass is 227 g/mol. The van der Waals surface area contributed by atoms with Crippen LogP contribution in [0.1, 0.15) is 9.67 Å². The number of nitrogens with one attached hydrogen (secondary N) is 1. The number of carbonyl (C=O) groups is 1. The summed E-state index contributed by atoms with van der Waals surface area (Å²) in [6.07, 6.45) is 0. The summed E-state index contributed by atoms with van der Waals surface area (Å²) < 4.78 is 10.3. The smallest absolute Gasteiger partial charge is 0.192 e. The molecule has 0 aliphatic carbocycles. The van der Waals surface area contributed by atoms with E-state index in [-0.39, 0.29) is 11.8 Å². The van der Waals surface area contributed by atoms with Crippen molar-refractivity contribution in [3.63, 3.8) is 0 Å². The molecule has 82 valence electrons. The topological polar surface area (TPSA) is 47.6 Å². The molecule has 2 heterocycles. The van der Waals surface area contributed by atoms with Crippen LogP contribution in [0.4, 0.5) is 0 Å². The van der Waals surface area contributed by atoms with Crippen LogP contribution in [0.5, 0.6) is 5.06 Å². The first-order valence-electron chi connectivity index (χ1n) is 4.80. The van der Waals surface area contributed by atoms with Gasteiger partial charge in [-0.3, -0.25) is 4.79 Å². The average Bonchev–Trinajstić information content (AvgIpc) is 2.78. The van der Waals surface area contributed by atoms with Crippen molar-refractivity contribution < 1.29 is 14.3 Å². The van der Waals surface area contributed by atoms with Crippen molar-refractivity contribution >= 4 is 17.1 Å². The molecule has 1 fully saturated rings. The zero-order valence-corrected chi connectivity index (χ0v) is 9.30. The summed E-state index contributed by atoms with van der Waals surface area (Å²) in [5.74, 6) is 0.0861. The third-order valence-corrected chi connectivity index (χ3v) is 3.32. The average molecular weight is 227 g/mol.